The Morgan fingerprint density at radius 2 is 1.84 bits per heavy atom. The number of rotatable bonds is 4. The fraction of sp³-hybridized carbons (Fsp3) is 0.565. The van der Waals surface area contributed by atoms with Crippen molar-refractivity contribution in [1.82, 2.24) is 20.0 Å². The average molecular weight is 427 g/mol. The number of nitrogens with zero attached hydrogens (tertiary/aromatic N) is 3. The Balaban J connectivity index is 1.49. The molecule has 1 atom stereocenters. The molecule has 0 bridgehead atoms. The molecule has 3 aliphatic heterocycles. The zero-order chi connectivity index (χ0) is 22.3. The van der Waals surface area contributed by atoms with Crippen LogP contribution in [0.3, 0.4) is 0 Å². The quantitative estimate of drug-likeness (QED) is 0.742. The summed E-state index contributed by atoms with van der Waals surface area (Å²) in [6.07, 6.45) is 1.30. The van der Waals surface area contributed by atoms with Gasteiger partial charge in [0.25, 0.3) is 11.8 Å². The van der Waals surface area contributed by atoms with E-state index in [0.717, 1.165) is 5.56 Å². The third kappa shape index (κ3) is 3.47. The maximum Gasteiger partial charge on any atom is 0.327 e. The summed E-state index contributed by atoms with van der Waals surface area (Å²) in [4.78, 5) is 56.4. The minimum Gasteiger partial charge on any atom is -0.341 e. The third-order valence-corrected chi connectivity index (χ3v) is 6.68. The number of likely N-dealkylation sites (tertiary alicyclic amines) is 1. The van der Waals surface area contributed by atoms with Gasteiger partial charge in [-0.3, -0.25) is 19.3 Å². The fourth-order valence-corrected chi connectivity index (χ4v) is 5.06. The SMILES string of the molecule is CCN1C(=O)N(CC(C)C)C2(CCN(C(=O)C3Cc4ccccc4C(=O)N3)CC2)C1=O. The molecule has 2 fully saturated rings. The number of hydrogen-bond acceptors (Lipinski definition) is 4. The molecule has 8 heteroatoms. The molecule has 1 spiro atoms. The highest BCUT2D eigenvalue weighted by molar-refractivity contribution is 6.07. The predicted octanol–water partition coefficient (Wildman–Crippen LogP) is 1.64. The van der Waals surface area contributed by atoms with Crippen LogP contribution in [0.4, 0.5) is 4.79 Å². The number of likely N-dealkylation sites (N-methyl/N-ethyl adjacent to an activating group) is 1. The highest BCUT2D eigenvalue weighted by Gasteiger charge is 2.57. The largest absolute Gasteiger partial charge is 0.341 e. The molecule has 0 saturated carbocycles. The van der Waals surface area contributed by atoms with Crippen molar-refractivity contribution in [3.05, 3.63) is 35.4 Å². The molecule has 8 nitrogen and oxygen atoms in total. The zero-order valence-corrected chi connectivity index (χ0v) is 18.4. The van der Waals surface area contributed by atoms with E-state index in [1.807, 2.05) is 39.0 Å². The van der Waals surface area contributed by atoms with Crippen molar-refractivity contribution in [3.8, 4) is 0 Å². The molecule has 0 radical (unpaired) electrons. The van der Waals surface area contributed by atoms with Gasteiger partial charge in [0.2, 0.25) is 5.91 Å². The van der Waals surface area contributed by atoms with Crippen LogP contribution in [-0.2, 0) is 16.0 Å². The molecule has 0 aliphatic carbocycles. The lowest BCUT2D eigenvalue weighted by Gasteiger charge is -2.43. The molecule has 166 valence electrons. The van der Waals surface area contributed by atoms with E-state index >= 15 is 0 Å². The van der Waals surface area contributed by atoms with Gasteiger partial charge >= 0.3 is 6.03 Å². The highest BCUT2D eigenvalue weighted by atomic mass is 16.2. The lowest BCUT2D eigenvalue weighted by atomic mass is 9.84. The van der Waals surface area contributed by atoms with Gasteiger partial charge in [0.1, 0.15) is 11.6 Å². The summed E-state index contributed by atoms with van der Waals surface area (Å²) in [6, 6.07) is 6.50. The molecule has 3 aliphatic rings. The number of nitrogens with one attached hydrogen (secondary N) is 1. The van der Waals surface area contributed by atoms with Crippen LogP contribution in [0.5, 0.6) is 0 Å². The Hall–Kier alpha value is -2.90. The molecule has 1 N–H and O–H groups in total. The first-order valence-corrected chi connectivity index (χ1v) is 11.1. The van der Waals surface area contributed by atoms with Crippen molar-refractivity contribution in [2.45, 2.75) is 51.6 Å². The van der Waals surface area contributed by atoms with Crippen LogP contribution in [0, 0.1) is 5.92 Å². The smallest absolute Gasteiger partial charge is 0.327 e. The summed E-state index contributed by atoms with van der Waals surface area (Å²) < 4.78 is 0. The third-order valence-electron chi connectivity index (χ3n) is 6.68. The Morgan fingerprint density at radius 3 is 2.48 bits per heavy atom. The van der Waals surface area contributed by atoms with Crippen molar-refractivity contribution in [2.24, 2.45) is 5.92 Å². The number of carbonyl (C=O) groups is 4. The highest BCUT2D eigenvalue weighted by Crippen LogP contribution is 2.38. The molecule has 4 rings (SSSR count). The monoisotopic (exact) mass is 426 g/mol. The first-order valence-electron chi connectivity index (χ1n) is 11.1. The van der Waals surface area contributed by atoms with Gasteiger partial charge in [-0.2, -0.15) is 0 Å². The second-order valence-corrected chi connectivity index (χ2v) is 9.08. The van der Waals surface area contributed by atoms with Gasteiger partial charge in [-0.15, -0.1) is 0 Å². The van der Waals surface area contributed by atoms with Crippen molar-refractivity contribution < 1.29 is 19.2 Å². The van der Waals surface area contributed by atoms with Crippen LogP contribution < -0.4 is 5.32 Å². The van der Waals surface area contributed by atoms with E-state index in [2.05, 4.69) is 5.32 Å². The topological polar surface area (TPSA) is 90.0 Å². The Morgan fingerprint density at radius 1 is 1.16 bits per heavy atom. The maximum atomic E-state index is 13.2. The van der Waals surface area contributed by atoms with Crippen molar-refractivity contribution in [3.63, 3.8) is 0 Å². The van der Waals surface area contributed by atoms with Gasteiger partial charge in [0.05, 0.1) is 0 Å². The van der Waals surface area contributed by atoms with Crippen LogP contribution in [0.1, 0.15) is 49.5 Å². The Kier molecular flexibility index (Phi) is 5.49. The number of urea groups is 1. The van der Waals surface area contributed by atoms with Crippen molar-refractivity contribution in [2.75, 3.05) is 26.2 Å². The van der Waals surface area contributed by atoms with Crippen LogP contribution in [0.15, 0.2) is 24.3 Å². The Bertz CT molecular complexity index is 920. The molecule has 2 saturated heterocycles. The van der Waals surface area contributed by atoms with E-state index in [0.29, 0.717) is 51.0 Å². The van der Waals surface area contributed by atoms with E-state index in [1.165, 1.54) is 4.90 Å². The zero-order valence-electron chi connectivity index (χ0n) is 18.4. The number of amides is 5. The first kappa shape index (κ1) is 21.3. The van der Waals surface area contributed by atoms with Gasteiger partial charge in [-0.05, 0) is 37.3 Å². The summed E-state index contributed by atoms with van der Waals surface area (Å²) in [5.74, 6) is -0.264. The summed E-state index contributed by atoms with van der Waals surface area (Å²) >= 11 is 0. The van der Waals surface area contributed by atoms with Gasteiger partial charge in [-0.1, -0.05) is 32.0 Å². The summed E-state index contributed by atoms with van der Waals surface area (Å²) in [5.41, 5.74) is 0.621. The van der Waals surface area contributed by atoms with Crippen molar-refractivity contribution in [1.29, 1.82) is 0 Å². The van der Waals surface area contributed by atoms with Crippen LogP contribution in [0.2, 0.25) is 0 Å². The normalized spacial score (nSPS) is 22.9. The Labute approximate surface area is 182 Å². The van der Waals surface area contributed by atoms with Crippen LogP contribution in [-0.4, -0.2) is 76.2 Å². The minimum absolute atomic E-state index is 0.128. The van der Waals surface area contributed by atoms with Gasteiger partial charge in [-0.25, -0.2) is 4.79 Å². The van der Waals surface area contributed by atoms with Gasteiger partial charge in [0.15, 0.2) is 0 Å². The summed E-state index contributed by atoms with van der Waals surface area (Å²) in [6.45, 7) is 7.51. The molecule has 1 aromatic carbocycles. The minimum atomic E-state index is -0.865. The second kappa shape index (κ2) is 7.98. The number of imide groups is 1. The second-order valence-electron chi connectivity index (χ2n) is 9.08. The number of fused-ring (bicyclic) bond motifs is 1. The molecular formula is C23H30N4O4. The fourth-order valence-electron chi connectivity index (χ4n) is 5.06. The number of carbonyl (C=O) groups excluding carboxylic acids is 4. The number of hydrogen-bond donors (Lipinski definition) is 1. The predicted molar refractivity (Wildman–Crippen MR) is 114 cm³/mol. The van der Waals surface area contributed by atoms with E-state index < -0.39 is 11.6 Å². The van der Waals surface area contributed by atoms with Gasteiger partial charge < -0.3 is 15.1 Å². The molecule has 1 unspecified atom stereocenters. The molecule has 31 heavy (non-hydrogen) atoms. The summed E-state index contributed by atoms with van der Waals surface area (Å²) in [7, 11) is 0. The number of piperidine rings is 1. The summed E-state index contributed by atoms with van der Waals surface area (Å²) in [5, 5.41) is 2.83. The molecule has 0 aromatic heterocycles. The first-order chi connectivity index (χ1) is 14.8. The lowest BCUT2D eigenvalue weighted by Crippen LogP contribution is -2.60. The van der Waals surface area contributed by atoms with E-state index in [-0.39, 0.29) is 29.7 Å². The standard InChI is InChI=1S/C23H30N4O4/c1-4-26-21(30)23(27(22(26)31)14-15(2)3)9-11-25(12-10-23)20(29)18-13-16-7-5-6-8-17(16)19(28)24-18/h5-8,15,18H,4,9-14H2,1-3H3,(H,24,28). The molecular weight excluding hydrogens is 396 g/mol. The van der Waals surface area contributed by atoms with E-state index in [1.54, 1.807) is 15.9 Å². The lowest BCUT2D eigenvalue weighted by molar-refractivity contribution is -0.142. The van der Waals surface area contributed by atoms with Crippen LogP contribution >= 0.6 is 0 Å². The van der Waals surface area contributed by atoms with E-state index in [9.17, 15) is 19.2 Å². The molecule has 3 heterocycles. The molecule has 1 aromatic rings. The van der Waals surface area contributed by atoms with Gasteiger partial charge in [0, 0.05) is 38.2 Å². The maximum absolute atomic E-state index is 13.2. The van der Waals surface area contributed by atoms with Crippen LogP contribution in [0.25, 0.3) is 0 Å². The van der Waals surface area contributed by atoms with Crippen molar-refractivity contribution >= 4 is 23.8 Å². The average Bonchev–Trinajstić information content (AvgIpc) is 2.94. The van der Waals surface area contributed by atoms with E-state index in [4.69, 9.17) is 0 Å². The molecule has 5 amide bonds. The number of benzene rings is 1.